The van der Waals surface area contributed by atoms with Crippen LogP contribution in [0.1, 0.15) is 25.7 Å². The van der Waals surface area contributed by atoms with Gasteiger partial charge >= 0.3 is 0 Å². The van der Waals surface area contributed by atoms with Gasteiger partial charge in [0.2, 0.25) is 5.91 Å². The number of pyridine rings is 1. The van der Waals surface area contributed by atoms with Crippen molar-refractivity contribution >= 4 is 11.7 Å². The fourth-order valence-corrected chi connectivity index (χ4v) is 3.41. The second-order valence-electron chi connectivity index (χ2n) is 6.58. The fourth-order valence-electron chi connectivity index (χ4n) is 3.41. The zero-order chi connectivity index (χ0) is 17.5. The Bertz CT molecular complexity index is 622. The first-order valence-electron chi connectivity index (χ1n) is 9.05. The number of terminal acetylenes is 1. The zero-order valence-corrected chi connectivity index (χ0v) is 14.6. The molecule has 2 saturated heterocycles. The number of nitrogens with zero attached hydrogens (tertiary/aromatic N) is 3. The Balaban J connectivity index is 1.49. The second-order valence-corrected chi connectivity index (χ2v) is 6.58. The summed E-state index contributed by atoms with van der Waals surface area (Å²) >= 11 is 0. The molecule has 1 aromatic rings. The third-order valence-corrected chi connectivity index (χ3v) is 4.72. The van der Waals surface area contributed by atoms with Crippen LogP contribution in [-0.2, 0) is 4.79 Å². The number of hydrogen-bond donors (Lipinski definition) is 1. The molecule has 0 spiro atoms. The minimum atomic E-state index is 0.00546. The first-order valence-corrected chi connectivity index (χ1v) is 9.05. The highest BCUT2D eigenvalue weighted by Crippen LogP contribution is 2.30. The van der Waals surface area contributed by atoms with Crippen molar-refractivity contribution in [3.63, 3.8) is 0 Å². The van der Waals surface area contributed by atoms with Crippen LogP contribution in [0.5, 0.6) is 5.75 Å². The first kappa shape index (κ1) is 17.6. The Morgan fingerprint density at radius 1 is 1.40 bits per heavy atom. The lowest BCUT2D eigenvalue weighted by atomic mass is 10.3. The largest absolute Gasteiger partial charge is 0.485 e. The van der Waals surface area contributed by atoms with E-state index < -0.39 is 0 Å². The Morgan fingerprint density at radius 3 is 3.04 bits per heavy atom. The number of carbonyl (C=O) groups excluding carboxylic acids is 1. The number of nitrogens with one attached hydrogen (secondary N) is 1. The van der Waals surface area contributed by atoms with Gasteiger partial charge in [-0.1, -0.05) is 5.92 Å². The van der Waals surface area contributed by atoms with Crippen LogP contribution in [0.4, 0.5) is 5.82 Å². The van der Waals surface area contributed by atoms with Gasteiger partial charge in [-0.25, -0.2) is 4.98 Å². The third kappa shape index (κ3) is 4.86. The van der Waals surface area contributed by atoms with Gasteiger partial charge < -0.3 is 15.0 Å². The maximum absolute atomic E-state index is 11.6. The summed E-state index contributed by atoms with van der Waals surface area (Å²) < 4.78 is 6.25. The summed E-state index contributed by atoms with van der Waals surface area (Å²) in [4.78, 5) is 20.7. The quantitative estimate of drug-likeness (QED) is 0.757. The highest BCUT2D eigenvalue weighted by molar-refractivity contribution is 5.76. The van der Waals surface area contributed by atoms with Gasteiger partial charge in [0.1, 0.15) is 6.10 Å². The first-order chi connectivity index (χ1) is 12.3. The van der Waals surface area contributed by atoms with Crippen LogP contribution in [-0.4, -0.2) is 61.2 Å². The average molecular weight is 342 g/mol. The SMILES string of the molecule is C#CCNC(=O)CCN1CC[C@H](Oc2cccnc2N2CCCC2)C1. The van der Waals surface area contributed by atoms with E-state index in [1.807, 2.05) is 18.3 Å². The smallest absolute Gasteiger partial charge is 0.222 e. The second kappa shape index (κ2) is 8.72. The van der Waals surface area contributed by atoms with E-state index in [2.05, 4.69) is 26.0 Å². The van der Waals surface area contributed by atoms with E-state index in [1.165, 1.54) is 12.8 Å². The molecule has 1 atom stereocenters. The molecule has 0 bridgehead atoms. The molecule has 1 amide bonds. The maximum atomic E-state index is 11.6. The van der Waals surface area contributed by atoms with Crippen LogP contribution in [0.15, 0.2) is 18.3 Å². The molecule has 134 valence electrons. The van der Waals surface area contributed by atoms with E-state index in [1.54, 1.807) is 0 Å². The molecule has 2 aliphatic heterocycles. The van der Waals surface area contributed by atoms with Crippen LogP contribution >= 0.6 is 0 Å². The number of aromatic nitrogens is 1. The molecular formula is C19H26N4O2. The Kier molecular flexibility index (Phi) is 6.13. The predicted molar refractivity (Wildman–Crippen MR) is 97.6 cm³/mol. The number of amides is 1. The summed E-state index contributed by atoms with van der Waals surface area (Å²) in [5.41, 5.74) is 0. The third-order valence-electron chi connectivity index (χ3n) is 4.72. The minimum Gasteiger partial charge on any atom is -0.485 e. The number of carbonyl (C=O) groups is 1. The number of rotatable bonds is 7. The highest BCUT2D eigenvalue weighted by Gasteiger charge is 2.26. The van der Waals surface area contributed by atoms with E-state index in [4.69, 9.17) is 11.2 Å². The van der Waals surface area contributed by atoms with Gasteiger partial charge in [-0.05, 0) is 31.4 Å². The highest BCUT2D eigenvalue weighted by atomic mass is 16.5. The van der Waals surface area contributed by atoms with Crippen molar-refractivity contribution in [2.24, 2.45) is 0 Å². The van der Waals surface area contributed by atoms with Crippen molar-refractivity contribution in [1.82, 2.24) is 15.2 Å². The van der Waals surface area contributed by atoms with Crippen molar-refractivity contribution in [1.29, 1.82) is 0 Å². The van der Waals surface area contributed by atoms with Gasteiger partial charge in [-0.15, -0.1) is 6.42 Å². The normalized spacial score (nSPS) is 20.4. The number of likely N-dealkylation sites (tertiary alicyclic amines) is 1. The molecular weight excluding hydrogens is 316 g/mol. The summed E-state index contributed by atoms with van der Waals surface area (Å²) in [7, 11) is 0. The van der Waals surface area contributed by atoms with Gasteiger partial charge in [0.05, 0.1) is 6.54 Å². The molecule has 6 heteroatoms. The summed E-state index contributed by atoms with van der Waals surface area (Å²) in [6, 6.07) is 3.94. The summed E-state index contributed by atoms with van der Waals surface area (Å²) in [5.74, 6) is 4.26. The van der Waals surface area contributed by atoms with Crippen molar-refractivity contribution in [2.45, 2.75) is 31.8 Å². The number of ether oxygens (including phenoxy) is 1. The Morgan fingerprint density at radius 2 is 2.24 bits per heavy atom. The fraction of sp³-hybridized carbons (Fsp3) is 0.579. The predicted octanol–water partition coefficient (Wildman–Crippen LogP) is 1.27. The van der Waals surface area contributed by atoms with Crippen LogP contribution < -0.4 is 15.0 Å². The molecule has 0 unspecified atom stereocenters. The lowest BCUT2D eigenvalue weighted by Crippen LogP contribution is -2.31. The van der Waals surface area contributed by atoms with E-state index in [0.717, 1.165) is 50.7 Å². The molecule has 3 rings (SSSR count). The lowest BCUT2D eigenvalue weighted by molar-refractivity contribution is -0.121. The van der Waals surface area contributed by atoms with Crippen molar-refractivity contribution in [3.8, 4) is 18.1 Å². The molecule has 0 aliphatic carbocycles. The lowest BCUT2D eigenvalue weighted by Gasteiger charge is -2.22. The topological polar surface area (TPSA) is 57.7 Å². The Labute approximate surface area is 149 Å². The summed E-state index contributed by atoms with van der Waals surface area (Å²) in [6.07, 6.45) is 11.0. The van der Waals surface area contributed by atoms with E-state index >= 15 is 0 Å². The van der Waals surface area contributed by atoms with Gasteiger partial charge in [-0.2, -0.15) is 0 Å². The van der Waals surface area contributed by atoms with Crippen LogP contribution in [0.3, 0.4) is 0 Å². The van der Waals surface area contributed by atoms with Crippen LogP contribution in [0.2, 0.25) is 0 Å². The minimum absolute atomic E-state index is 0.00546. The van der Waals surface area contributed by atoms with Gasteiger partial charge in [0, 0.05) is 45.3 Å². The Hall–Kier alpha value is -2.26. The van der Waals surface area contributed by atoms with Gasteiger partial charge in [0.15, 0.2) is 11.6 Å². The van der Waals surface area contributed by atoms with Crippen molar-refractivity contribution in [3.05, 3.63) is 18.3 Å². The monoisotopic (exact) mass is 342 g/mol. The van der Waals surface area contributed by atoms with Crippen molar-refractivity contribution in [2.75, 3.05) is 44.2 Å². The zero-order valence-electron chi connectivity index (χ0n) is 14.6. The summed E-state index contributed by atoms with van der Waals surface area (Å²) in [6.45, 7) is 4.93. The molecule has 3 heterocycles. The molecule has 1 N–H and O–H groups in total. The standard InChI is InChI=1S/C19H26N4O2/c1-2-9-20-18(24)8-14-22-13-7-16(15-22)25-17-6-5-10-21-19(17)23-11-3-4-12-23/h1,5-6,10,16H,3-4,7-9,11-15H2,(H,20,24)/t16-/m0/s1. The molecule has 25 heavy (non-hydrogen) atoms. The molecule has 2 fully saturated rings. The van der Waals surface area contributed by atoms with E-state index in [0.29, 0.717) is 13.0 Å². The van der Waals surface area contributed by atoms with Gasteiger partial charge in [0.25, 0.3) is 0 Å². The number of hydrogen-bond acceptors (Lipinski definition) is 5. The van der Waals surface area contributed by atoms with E-state index in [9.17, 15) is 4.79 Å². The van der Waals surface area contributed by atoms with Gasteiger partial charge in [-0.3, -0.25) is 9.69 Å². The maximum Gasteiger partial charge on any atom is 0.222 e. The van der Waals surface area contributed by atoms with Crippen molar-refractivity contribution < 1.29 is 9.53 Å². The molecule has 6 nitrogen and oxygen atoms in total. The average Bonchev–Trinajstić information content (AvgIpc) is 3.30. The van der Waals surface area contributed by atoms with E-state index in [-0.39, 0.29) is 12.0 Å². The molecule has 0 aromatic carbocycles. The molecule has 2 aliphatic rings. The molecule has 0 saturated carbocycles. The number of anilines is 1. The molecule has 0 radical (unpaired) electrons. The summed E-state index contributed by atoms with van der Waals surface area (Å²) in [5, 5.41) is 2.70. The van der Waals surface area contributed by atoms with Crippen LogP contribution in [0.25, 0.3) is 0 Å². The molecule has 1 aromatic heterocycles. The van der Waals surface area contributed by atoms with Crippen LogP contribution in [0, 0.1) is 12.3 Å².